The minimum Gasteiger partial charge on any atom is -0.497 e. The van der Waals surface area contributed by atoms with Gasteiger partial charge in [-0.05, 0) is 37.3 Å². The first-order chi connectivity index (χ1) is 13.3. The van der Waals surface area contributed by atoms with Gasteiger partial charge in [-0.15, -0.1) is 0 Å². The Bertz CT molecular complexity index is 879. The SMILES string of the molecule is COc1cccc(NC(=O)CN(C)C(=O)Cc2cc(C(C)=O)ccc2OC)c1. The number of carbonyl (C=O) groups excluding carboxylic acids is 3. The summed E-state index contributed by atoms with van der Waals surface area (Å²) in [6.45, 7) is 1.35. The Labute approximate surface area is 164 Å². The van der Waals surface area contributed by atoms with Gasteiger partial charge in [-0.1, -0.05) is 6.07 Å². The van der Waals surface area contributed by atoms with E-state index in [0.717, 1.165) is 0 Å². The Balaban J connectivity index is 2.01. The van der Waals surface area contributed by atoms with Crippen LogP contribution in [-0.4, -0.2) is 50.3 Å². The first-order valence-electron chi connectivity index (χ1n) is 8.69. The normalized spacial score (nSPS) is 10.1. The summed E-state index contributed by atoms with van der Waals surface area (Å²) in [5.74, 6) is 0.461. The second-order valence-corrected chi connectivity index (χ2v) is 6.29. The van der Waals surface area contributed by atoms with Crippen molar-refractivity contribution in [1.82, 2.24) is 4.90 Å². The molecule has 28 heavy (non-hydrogen) atoms. The third-order valence-electron chi connectivity index (χ3n) is 4.19. The highest BCUT2D eigenvalue weighted by atomic mass is 16.5. The van der Waals surface area contributed by atoms with E-state index in [1.165, 1.54) is 18.9 Å². The molecule has 7 heteroatoms. The van der Waals surface area contributed by atoms with Crippen LogP contribution < -0.4 is 14.8 Å². The molecule has 0 saturated carbocycles. The summed E-state index contributed by atoms with van der Waals surface area (Å²) in [4.78, 5) is 37.7. The number of ether oxygens (including phenoxy) is 2. The number of likely N-dealkylation sites (N-methyl/N-ethyl adjacent to an activating group) is 1. The minimum atomic E-state index is -0.325. The Morgan fingerprint density at radius 3 is 2.43 bits per heavy atom. The van der Waals surface area contributed by atoms with Gasteiger partial charge in [-0.25, -0.2) is 0 Å². The molecule has 0 saturated heterocycles. The zero-order chi connectivity index (χ0) is 20.7. The van der Waals surface area contributed by atoms with Gasteiger partial charge in [0, 0.05) is 29.9 Å². The van der Waals surface area contributed by atoms with Crippen molar-refractivity contribution in [2.75, 3.05) is 33.1 Å². The molecule has 0 heterocycles. The molecular formula is C21H24N2O5. The maximum atomic E-state index is 12.5. The number of Topliss-reactive ketones (excluding diaryl/α,β-unsaturated/α-hetero) is 1. The van der Waals surface area contributed by atoms with Crippen LogP contribution in [0.25, 0.3) is 0 Å². The lowest BCUT2D eigenvalue weighted by atomic mass is 10.0. The summed E-state index contributed by atoms with van der Waals surface area (Å²) < 4.78 is 10.4. The van der Waals surface area contributed by atoms with Crippen molar-refractivity contribution in [3.8, 4) is 11.5 Å². The summed E-state index contributed by atoms with van der Waals surface area (Å²) in [5, 5.41) is 2.73. The number of nitrogens with one attached hydrogen (secondary N) is 1. The van der Waals surface area contributed by atoms with Gasteiger partial charge in [0.05, 0.1) is 27.2 Å². The molecule has 0 bridgehead atoms. The van der Waals surface area contributed by atoms with E-state index in [0.29, 0.717) is 28.3 Å². The predicted molar refractivity (Wildman–Crippen MR) is 106 cm³/mol. The molecule has 0 aliphatic heterocycles. The molecule has 2 amide bonds. The van der Waals surface area contributed by atoms with Crippen LogP contribution in [0.1, 0.15) is 22.8 Å². The molecule has 2 aromatic rings. The number of benzene rings is 2. The van der Waals surface area contributed by atoms with E-state index in [-0.39, 0.29) is 30.6 Å². The van der Waals surface area contributed by atoms with Crippen LogP contribution in [0.3, 0.4) is 0 Å². The fraction of sp³-hybridized carbons (Fsp3) is 0.286. The Kier molecular flexibility index (Phi) is 7.14. The molecule has 0 spiro atoms. The van der Waals surface area contributed by atoms with Gasteiger partial charge in [0.15, 0.2) is 5.78 Å². The quantitative estimate of drug-likeness (QED) is 0.707. The maximum absolute atomic E-state index is 12.5. The molecular weight excluding hydrogens is 360 g/mol. The highest BCUT2D eigenvalue weighted by molar-refractivity contribution is 5.96. The molecule has 7 nitrogen and oxygen atoms in total. The molecule has 0 aliphatic rings. The number of carbonyl (C=O) groups is 3. The third kappa shape index (κ3) is 5.57. The number of nitrogens with zero attached hydrogens (tertiary/aromatic N) is 1. The fourth-order valence-electron chi connectivity index (χ4n) is 2.64. The number of amides is 2. The first kappa shape index (κ1) is 21.0. The van der Waals surface area contributed by atoms with Crippen molar-refractivity contribution in [1.29, 1.82) is 0 Å². The smallest absolute Gasteiger partial charge is 0.243 e. The number of anilines is 1. The van der Waals surface area contributed by atoms with E-state index in [1.807, 2.05) is 0 Å². The number of methoxy groups -OCH3 is 2. The summed E-state index contributed by atoms with van der Waals surface area (Å²) in [6.07, 6.45) is 0.0211. The van der Waals surface area contributed by atoms with Crippen LogP contribution in [0, 0.1) is 0 Å². The van der Waals surface area contributed by atoms with Crippen molar-refractivity contribution in [3.63, 3.8) is 0 Å². The molecule has 0 unspecified atom stereocenters. The van der Waals surface area contributed by atoms with Crippen LogP contribution >= 0.6 is 0 Å². The van der Waals surface area contributed by atoms with Crippen molar-refractivity contribution in [2.24, 2.45) is 0 Å². The molecule has 0 atom stereocenters. The topological polar surface area (TPSA) is 84.9 Å². The van der Waals surface area contributed by atoms with Gasteiger partial charge in [0.25, 0.3) is 0 Å². The van der Waals surface area contributed by atoms with Gasteiger partial charge in [-0.2, -0.15) is 0 Å². The summed E-state index contributed by atoms with van der Waals surface area (Å²) in [5.41, 5.74) is 1.68. The Hall–Kier alpha value is -3.35. The molecule has 0 fully saturated rings. The van der Waals surface area contributed by atoms with Crippen LogP contribution in [-0.2, 0) is 16.0 Å². The molecule has 0 aliphatic carbocycles. The largest absolute Gasteiger partial charge is 0.497 e. The standard InChI is InChI=1S/C21H24N2O5/c1-14(24)15-8-9-19(28-4)16(10-15)11-21(26)23(2)13-20(25)22-17-6-5-7-18(12-17)27-3/h5-10,12H,11,13H2,1-4H3,(H,22,25). The zero-order valence-electron chi connectivity index (χ0n) is 16.4. The molecule has 2 aromatic carbocycles. The number of rotatable bonds is 8. The van der Waals surface area contributed by atoms with Crippen molar-refractivity contribution in [3.05, 3.63) is 53.6 Å². The van der Waals surface area contributed by atoms with E-state index in [9.17, 15) is 14.4 Å². The first-order valence-corrected chi connectivity index (χ1v) is 8.69. The summed E-state index contributed by atoms with van der Waals surface area (Å²) in [7, 11) is 4.60. The number of hydrogen-bond donors (Lipinski definition) is 1. The molecule has 148 valence electrons. The van der Waals surface area contributed by atoms with Crippen molar-refractivity contribution in [2.45, 2.75) is 13.3 Å². The van der Waals surface area contributed by atoms with Crippen LogP contribution in [0.5, 0.6) is 11.5 Å². The molecule has 2 rings (SSSR count). The maximum Gasteiger partial charge on any atom is 0.243 e. The molecule has 0 radical (unpaired) electrons. The monoisotopic (exact) mass is 384 g/mol. The average molecular weight is 384 g/mol. The van der Waals surface area contributed by atoms with Gasteiger partial charge in [0.1, 0.15) is 11.5 Å². The van der Waals surface area contributed by atoms with Crippen molar-refractivity contribution >= 4 is 23.3 Å². The lowest BCUT2D eigenvalue weighted by molar-refractivity contribution is -0.132. The third-order valence-corrected chi connectivity index (χ3v) is 4.19. The van der Waals surface area contributed by atoms with Gasteiger partial charge in [-0.3, -0.25) is 14.4 Å². The van der Waals surface area contributed by atoms with Crippen LogP contribution in [0.4, 0.5) is 5.69 Å². The fourth-order valence-corrected chi connectivity index (χ4v) is 2.64. The lowest BCUT2D eigenvalue weighted by Crippen LogP contribution is -2.35. The Morgan fingerprint density at radius 2 is 1.79 bits per heavy atom. The zero-order valence-corrected chi connectivity index (χ0v) is 16.4. The highest BCUT2D eigenvalue weighted by Gasteiger charge is 2.17. The summed E-state index contributed by atoms with van der Waals surface area (Å²) >= 11 is 0. The molecule has 1 N–H and O–H groups in total. The van der Waals surface area contributed by atoms with Crippen LogP contribution in [0.15, 0.2) is 42.5 Å². The average Bonchev–Trinajstić information content (AvgIpc) is 2.67. The van der Waals surface area contributed by atoms with E-state index in [4.69, 9.17) is 9.47 Å². The van der Waals surface area contributed by atoms with Crippen molar-refractivity contribution < 1.29 is 23.9 Å². The predicted octanol–water partition coefficient (Wildman–Crippen LogP) is 2.55. The number of ketones is 1. The van der Waals surface area contributed by atoms with E-state index in [1.54, 1.807) is 56.6 Å². The lowest BCUT2D eigenvalue weighted by Gasteiger charge is -2.18. The van der Waals surface area contributed by atoms with Gasteiger partial charge < -0.3 is 19.7 Å². The van der Waals surface area contributed by atoms with E-state index in [2.05, 4.69) is 5.32 Å². The van der Waals surface area contributed by atoms with E-state index < -0.39 is 0 Å². The second kappa shape index (κ2) is 9.55. The van der Waals surface area contributed by atoms with Gasteiger partial charge >= 0.3 is 0 Å². The van der Waals surface area contributed by atoms with Crippen LogP contribution in [0.2, 0.25) is 0 Å². The number of hydrogen-bond acceptors (Lipinski definition) is 5. The summed E-state index contributed by atoms with van der Waals surface area (Å²) in [6, 6.07) is 11.9. The van der Waals surface area contributed by atoms with E-state index >= 15 is 0 Å². The highest BCUT2D eigenvalue weighted by Crippen LogP contribution is 2.21. The Morgan fingerprint density at radius 1 is 1.04 bits per heavy atom. The van der Waals surface area contributed by atoms with Gasteiger partial charge in [0.2, 0.25) is 11.8 Å². The second-order valence-electron chi connectivity index (χ2n) is 6.29. The minimum absolute atomic E-state index is 0.0211. The molecule has 0 aromatic heterocycles.